The minimum Gasteiger partial charge on any atom is -0.374 e. The second-order valence-corrected chi connectivity index (χ2v) is 8.18. The van der Waals surface area contributed by atoms with Crippen molar-refractivity contribution in [1.82, 2.24) is 29.5 Å². The molecule has 1 unspecified atom stereocenters. The zero-order valence-electron chi connectivity index (χ0n) is 18.5. The molecule has 0 aliphatic heterocycles. The minimum absolute atomic E-state index is 0.174. The summed E-state index contributed by atoms with van der Waals surface area (Å²) in [4.78, 5) is 22.0. The van der Waals surface area contributed by atoms with Gasteiger partial charge in [0.1, 0.15) is 6.33 Å². The van der Waals surface area contributed by atoms with E-state index in [2.05, 4.69) is 78.4 Å². The summed E-state index contributed by atoms with van der Waals surface area (Å²) in [5, 5.41) is 4.87. The normalized spacial score (nSPS) is 12.1. The van der Waals surface area contributed by atoms with Gasteiger partial charge in [0.05, 0.1) is 17.1 Å². The first-order chi connectivity index (χ1) is 16.8. The Labute approximate surface area is 196 Å². The minimum atomic E-state index is -0.174. The van der Waals surface area contributed by atoms with Crippen LogP contribution in [0.3, 0.4) is 0 Å². The Kier molecular flexibility index (Phi) is 4.92. The Hall–Kier alpha value is -4.65. The molecule has 0 saturated carbocycles. The quantitative estimate of drug-likeness (QED) is 0.396. The molecular formula is C27H21N7. The predicted molar refractivity (Wildman–Crippen MR) is 133 cm³/mol. The van der Waals surface area contributed by atoms with Crippen molar-refractivity contribution in [3.05, 3.63) is 109 Å². The second-order valence-electron chi connectivity index (χ2n) is 8.18. The summed E-state index contributed by atoms with van der Waals surface area (Å²) in [5.74, 6) is 0. The molecule has 7 nitrogen and oxygen atoms in total. The molecule has 164 valence electrons. The highest BCUT2D eigenvalue weighted by Gasteiger charge is 2.17. The fourth-order valence-electron chi connectivity index (χ4n) is 4.34. The Balaban J connectivity index is 1.50. The molecule has 0 spiro atoms. The first-order valence-electron chi connectivity index (χ1n) is 11.0. The van der Waals surface area contributed by atoms with Crippen LogP contribution in [0.15, 0.2) is 98.2 Å². The molecule has 1 atom stereocenters. The maximum atomic E-state index is 4.66. The fraction of sp³-hybridized carbons (Fsp3) is 0.0741. The van der Waals surface area contributed by atoms with Gasteiger partial charge in [0, 0.05) is 72.8 Å². The number of aryl methyl sites for hydroxylation is 1. The van der Waals surface area contributed by atoms with Gasteiger partial charge in [0.25, 0.3) is 0 Å². The molecule has 0 amide bonds. The molecular weight excluding hydrogens is 422 g/mol. The summed E-state index contributed by atoms with van der Waals surface area (Å²) in [6.07, 6.45) is 14.3. The predicted octanol–water partition coefficient (Wildman–Crippen LogP) is 5.18. The molecule has 1 N–H and O–H groups in total. The second kappa shape index (κ2) is 8.37. The standard InChI is InChI=1S/C27H21N7/c1-34-10-6-18-4-5-19(11-25(18)34)23-12-22(13-24-27(23)32-9-8-31-24)33-26(20-3-2-7-28-14-20)21-15-29-17-30-16-21/h2-17,26,33H,1H3. The number of anilines is 1. The largest absolute Gasteiger partial charge is 0.374 e. The van der Waals surface area contributed by atoms with Crippen LogP contribution in [-0.4, -0.2) is 29.5 Å². The van der Waals surface area contributed by atoms with Crippen LogP contribution in [-0.2, 0) is 7.05 Å². The highest BCUT2D eigenvalue weighted by molar-refractivity contribution is 5.97. The van der Waals surface area contributed by atoms with Crippen molar-refractivity contribution < 1.29 is 0 Å². The van der Waals surface area contributed by atoms with Gasteiger partial charge in [-0.1, -0.05) is 18.2 Å². The van der Waals surface area contributed by atoms with E-state index in [4.69, 9.17) is 0 Å². The number of benzene rings is 2. The van der Waals surface area contributed by atoms with Crippen molar-refractivity contribution in [3.63, 3.8) is 0 Å². The lowest BCUT2D eigenvalue weighted by molar-refractivity contribution is 0.901. The van der Waals surface area contributed by atoms with Crippen molar-refractivity contribution in [2.24, 2.45) is 7.05 Å². The van der Waals surface area contributed by atoms with E-state index in [0.717, 1.165) is 39.0 Å². The summed E-state index contributed by atoms with van der Waals surface area (Å²) in [7, 11) is 2.06. The van der Waals surface area contributed by atoms with Crippen molar-refractivity contribution in [2.45, 2.75) is 6.04 Å². The average molecular weight is 444 g/mol. The fourth-order valence-corrected chi connectivity index (χ4v) is 4.34. The van der Waals surface area contributed by atoms with E-state index in [-0.39, 0.29) is 6.04 Å². The SMILES string of the molecule is Cn1ccc2ccc(-c3cc(NC(c4cccnc4)c4cncnc4)cc4nccnc34)cc21. The molecule has 6 aromatic rings. The molecule has 0 bridgehead atoms. The van der Waals surface area contributed by atoms with Gasteiger partial charge in [-0.05, 0) is 46.8 Å². The number of hydrogen-bond donors (Lipinski definition) is 1. The Morgan fingerprint density at radius 2 is 1.68 bits per heavy atom. The first kappa shape index (κ1) is 20.0. The Morgan fingerprint density at radius 3 is 2.53 bits per heavy atom. The molecule has 0 saturated heterocycles. The molecule has 0 radical (unpaired) electrons. The van der Waals surface area contributed by atoms with Gasteiger partial charge in [0.2, 0.25) is 0 Å². The molecule has 0 fully saturated rings. The van der Waals surface area contributed by atoms with E-state index in [1.54, 1.807) is 18.6 Å². The zero-order valence-corrected chi connectivity index (χ0v) is 18.5. The molecule has 4 heterocycles. The van der Waals surface area contributed by atoms with Crippen LogP contribution >= 0.6 is 0 Å². The van der Waals surface area contributed by atoms with Gasteiger partial charge in [-0.15, -0.1) is 0 Å². The summed E-state index contributed by atoms with van der Waals surface area (Å²) in [6.45, 7) is 0. The van der Waals surface area contributed by atoms with E-state index in [0.29, 0.717) is 0 Å². The topological polar surface area (TPSA) is 81.4 Å². The lowest BCUT2D eigenvalue weighted by atomic mass is 9.99. The summed E-state index contributed by atoms with van der Waals surface area (Å²) in [5.41, 5.74) is 7.85. The maximum absolute atomic E-state index is 4.66. The first-order valence-corrected chi connectivity index (χ1v) is 11.0. The maximum Gasteiger partial charge on any atom is 0.115 e. The molecule has 7 heteroatoms. The Morgan fingerprint density at radius 1 is 0.824 bits per heavy atom. The van der Waals surface area contributed by atoms with E-state index in [1.807, 2.05) is 36.8 Å². The van der Waals surface area contributed by atoms with Gasteiger partial charge in [0.15, 0.2) is 0 Å². The number of fused-ring (bicyclic) bond motifs is 2. The van der Waals surface area contributed by atoms with Crippen LogP contribution in [0.2, 0.25) is 0 Å². The molecule has 4 aromatic heterocycles. The summed E-state index contributed by atoms with van der Waals surface area (Å²) >= 11 is 0. The van der Waals surface area contributed by atoms with Gasteiger partial charge >= 0.3 is 0 Å². The van der Waals surface area contributed by atoms with Crippen LogP contribution in [0.4, 0.5) is 5.69 Å². The third-order valence-corrected chi connectivity index (χ3v) is 6.02. The Bertz CT molecular complexity index is 1550. The molecule has 34 heavy (non-hydrogen) atoms. The smallest absolute Gasteiger partial charge is 0.115 e. The lowest BCUT2D eigenvalue weighted by Gasteiger charge is -2.21. The van der Waals surface area contributed by atoms with Crippen LogP contribution in [0.5, 0.6) is 0 Å². The van der Waals surface area contributed by atoms with E-state index in [1.165, 1.54) is 17.2 Å². The van der Waals surface area contributed by atoms with Crippen molar-refractivity contribution in [3.8, 4) is 11.1 Å². The van der Waals surface area contributed by atoms with Crippen LogP contribution in [0.25, 0.3) is 33.1 Å². The average Bonchev–Trinajstić information content (AvgIpc) is 3.27. The van der Waals surface area contributed by atoms with Gasteiger partial charge in [-0.2, -0.15) is 0 Å². The van der Waals surface area contributed by atoms with Crippen LogP contribution in [0, 0.1) is 0 Å². The van der Waals surface area contributed by atoms with Gasteiger partial charge in [-0.25, -0.2) is 9.97 Å². The third-order valence-electron chi connectivity index (χ3n) is 6.02. The highest BCUT2D eigenvalue weighted by atomic mass is 14.9. The lowest BCUT2D eigenvalue weighted by Crippen LogP contribution is -2.13. The third kappa shape index (κ3) is 3.63. The van der Waals surface area contributed by atoms with Gasteiger partial charge in [-0.3, -0.25) is 15.0 Å². The number of nitrogens with one attached hydrogen (secondary N) is 1. The molecule has 0 aliphatic carbocycles. The van der Waals surface area contributed by atoms with Gasteiger partial charge < -0.3 is 9.88 Å². The highest BCUT2D eigenvalue weighted by Crippen LogP contribution is 2.34. The van der Waals surface area contributed by atoms with Crippen LogP contribution in [0.1, 0.15) is 17.2 Å². The molecule has 2 aromatic carbocycles. The number of nitrogens with zero attached hydrogens (tertiary/aromatic N) is 6. The van der Waals surface area contributed by atoms with Crippen molar-refractivity contribution in [1.29, 1.82) is 0 Å². The van der Waals surface area contributed by atoms with E-state index >= 15 is 0 Å². The van der Waals surface area contributed by atoms with E-state index < -0.39 is 0 Å². The number of hydrogen-bond acceptors (Lipinski definition) is 6. The summed E-state index contributed by atoms with van der Waals surface area (Å²) in [6, 6.07) is 16.6. The number of pyridine rings is 1. The zero-order chi connectivity index (χ0) is 22.9. The number of aromatic nitrogens is 6. The van der Waals surface area contributed by atoms with Crippen molar-refractivity contribution in [2.75, 3.05) is 5.32 Å². The van der Waals surface area contributed by atoms with E-state index in [9.17, 15) is 0 Å². The monoisotopic (exact) mass is 443 g/mol. The summed E-state index contributed by atoms with van der Waals surface area (Å²) < 4.78 is 2.13. The molecule has 0 aliphatic rings. The van der Waals surface area contributed by atoms with Crippen molar-refractivity contribution >= 4 is 27.6 Å². The number of rotatable bonds is 5. The molecule has 6 rings (SSSR count). The van der Waals surface area contributed by atoms with Crippen LogP contribution < -0.4 is 5.32 Å².